The van der Waals surface area contributed by atoms with Gasteiger partial charge in [-0.15, -0.1) is 0 Å². The molecule has 2 N–H and O–H groups in total. The first-order valence-electron chi connectivity index (χ1n) is 11.7. The molecule has 5 nitrogen and oxygen atoms in total. The minimum absolute atomic E-state index is 0.0605. The molecule has 0 spiro atoms. The molecule has 33 heavy (non-hydrogen) atoms. The number of hydrogen-bond donors (Lipinski definition) is 2. The highest BCUT2D eigenvalue weighted by molar-refractivity contribution is 7.99. The zero-order chi connectivity index (χ0) is 23.5. The van der Waals surface area contributed by atoms with E-state index in [9.17, 15) is 15.0 Å². The van der Waals surface area contributed by atoms with Crippen molar-refractivity contribution < 1.29 is 24.5 Å². The summed E-state index contributed by atoms with van der Waals surface area (Å²) in [5, 5.41) is 20.2. The van der Waals surface area contributed by atoms with Gasteiger partial charge in [0.1, 0.15) is 0 Å². The van der Waals surface area contributed by atoms with E-state index in [-0.39, 0.29) is 23.4 Å². The fourth-order valence-corrected chi connectivity index (χ4v) is 6.14. The Morgan fingerprint density at radius 3 is 2.55 bits per heavy atom. The molecule has 1 heterocycles. The Hall–Kier alpha value is -1.86. The van der Waals surface area contributed by atoms with E-state index in [0.29, 0.717) is 13.2 Å². The molecule has 0 bridgehead atoms. The van der Waals surface area contributed by atoms with Crippen LogP contribution in [0, 0.1) is 5.41 Å². The number of aliphatic hydroxyl groups is 1. The normalized spacial score (nSPS) is 18.9. The standard InChI is InChI=1S/C27H34O5S/c1-26(2,30)22-9-4-3-6-19(22)10-11-23(33-18-27(12-13-27)17-24(28)29)20-7-5-8-21(16-20)25-31-14-15-32-25/h3-9,16,23,25,30H,10-15,17-18H2,1-2H3,(H,28,29)/t23-/m1/s1. The van der Waals surface area contributed by atoms with Gasteiger partial charge in [0.2, 0.25) is 0 Å². The molecule has 0 aromatic heterocycles. The van der Waals surface area contributed by atoms with Crippen molar-refractivity contribution in [2.24, 2.45) is 5.41 Å². The van der Waals surface area contributed by atoms with Crippen LogP contribution in [0.4, 0.5) is 0 Å². The van der Waals surface area contributed by atoms with Crippen LogP contribution in [0.15, 0.2) is 48.5 Å². The van der Waals surface area contributed by atoms with E-state index in [0.717, 1.165) is 48.1 Å². The third-order valence-electron chi connectivity index (χ3n) is 6.60. The van der Waals surface area contributed by atoms with Crippen molar-refractivity contribution in [1.82, 2.24) is 0 Å². The van der Waals surface area contributed by atoms with Gasteiger partial charge in [0.25, 0.3) is 0 Å². The van der Waals surface area contributed by atoms with Gasteiger partial charge in [0.05, 0.1) is 25.2 Å². The lowest BCUT2D eigenvalue weighted by molar-refractivity contribution is -0.138. The van der Waals surface area contributed by atoms with Gasteiger partial charge >= 0.3 is 5.97 Å². The number of ether oxygens (including phenoxy) is 2. The monoisotopic (exact) mass is 470 g/mol. The van der Waals surface area contributed by atoms with E-state index in [1.807, 2.05) is 49.9 Å². The van der Waals surface area contributed by atoms with E-state index in [4.69, 9.17) is 9.47 Å². The molecule has 4 rings (SSSR count). The molecule has 1 atom stereocenters. The fraction of sp³-hybridized carbons (Fsp3) is 0.519. The second-order valence-electron chi connectivity index (χ2n) is 9.87. The van der Waals surface area contributed by atoms with Gasteiger partial charge in [0.15, 0.2) is 6.29 Å². The summed E-state index contributed by atoms with van der Waals surface area (Å²) in [5.41, 5.74) is 3.40. The summed E-state index contributed by atoms with van der Waals surface area (Å²) < 4.78 is 11.4. The zero-order valence-electron chi connectivity index (χ0n) is 19.5. The third-order valence-corrected chi connectivity index (χ3v) is 8.29. The molecule has 1 saturated heterocycles. The topological polar surface area (TPSA) is 76.0 Å². The Bertz CT molecular complexity index is 957. The smallest absolute Gasteiger partial charge is 0.303 e. The lowest BCUT2D eigenvalue weighted by Crippen LogP contribution is -2.18. The van der Waals surface area contributed by atoms with Crippen LogP contribution in [0.2, 0.25) is 0 Å². The number of hydrogen-bond acceptors (Lipinski definition) is 5. The van der Waals surface area contributed by atoms with Gasteiger partial charge in [-0.3, -0.25) is 4.79 Å². The first kappa shape index (κ1) is 24.3. The summed E-state index contributed by atoms with van der Waals surface area (Å²) in [4.78, 5) is 11.3. The second kappa shape index (κ2) is 10.2. The number of thioether (sulfide) groups is 1. The second-order valence-corrected chi connectivity index (χ2v) is 11.1. The fourth-order valence-electron chi connectivity index (χ4n) is 4.57. The number of carboxylic acids is 1. The van der Waals surface area contributed by atoms with Crippen molar-refractivity contribution in [3.8, 4) is 0 Å². The highest BCUT2D eigenvalue weighted by atomic mass is 32.2. The summed E-state index contributed by atoms with van der Waals surface area (Å²) >= 11 is 1.86. The number of carbonyl (C=O) groups is 1. The molecular weight excluding hydrogens is 436 g/mol. The Morgan fingerprint density at radius 1 is 1.15 bits per heavy atom. The predicted molar refractivity (Wildman–Crippen MR) is 130 cm³/mol. The molecule has 1 saturated carbocycles. The Labute approximate surface area is 200 Å². The van der Waals surface area contributed by atoms with Crippen LogP contribution in [-0.2, 0) is 26.3 Å². The van der Waals surface area contributed by atoms with Crippen LogP contribution < -0.4 is 0 Å². The maximum absolute atomic E-state index is 11.3. The minimum Gasteiger partial charge on any atom is -0.481 e. The van der Waals surface area contributed by atoms with Crippen molar-refractivity contribution in [3.63, 3.8) is 0 Å². The lowest BCUT2D eigenvalue weighted by atomic mass is 9.90. The van der Waals surface area contributed by atoms with Gasteiger partial charge in [-0.1, -0.05) is 42.5 Å². The molecule has 1 aliphatic heterocycles. The molecule has 178 valence electrons. The van der Waals surface area contributed by atoms with E-state index in [1.54, 1.807) is 0 Å². The van der Waals surface area contributed by atoms with Crippen LogP contribution in [0.5, 0.6) is 0 Å². The molecule has 2 aromatic carbocycles. The number of carboxylic acid groups (broad SMARTS) is 1. The molecule has 0 amide bonds. The van der Waals surface area contributed by atoms with E-state index in [2.05, 4.69) is 24.3 Å². The van der Waals surface area contributed by atoms with Crippen molar-refractivity contribution in [3.05, 3.63) is 70.8 Å². The van der Waals surface area contributed by atoms with E-state index in [1.165, 1.54) is 5.56 Å². The van der Waals surface area contributed by atoms with Gasteiger partial charge in [-0.25, -0.2) is 0 Å². The first-order chi connectivity index (χ1) is 15.8. The van der Waals surface area contributed by atoms with Crippen molar-refractivity contribution in [2.45, 2.75) is 63.1 Å². The minimum atomic E-state index is -0.893. The van der Waals surface area contributed by atoms with E-state index < -0.39 is 11.6 Å². The summed E-state index contributed by atoms with van der Waals surface area (Å²) in [7, 11) is 0. The van der Waals surface area contributed by atoms with Crippen molar-refractivity contribution >= 4 is 17.7 Å². The van der Waals surface area contributed by atoms with Crippen LogP contribution in [0.1, 0.15) is 73.3 Å². The van der Waals surface area contributed by atoms with Crippen LogP contribution in [0.25, 0.3) is 0 Å². The molecule has 1 aliphatic carbocycles. The molecule has 6 heteroatoms. The lowest BCUT2D eigenvalue weighted by Gasteiger charge is -2.24. The van der Waals surface area contributed by atoms with Crippen LogP contribution in [0.3, 0.4) is 0 Å². The summed E-state index contributed by atoms with van der Waals surface area (Å²) in [6.45, 7) is 4.87. The molecular formula is C27H34O5S. The van der Waals surface area contributed by atoms with Gasteiger partial charge in [-0.2, -0.15) is 11.8 Å². The Morgan fingerprint density at radius 2 is 1.88 bits per heavy atom. The molecule has 2 fully saturated rings. The number of aryl methyl sites for hydroxylation is 1. The number of benzene rings is 2. The zero-order valence-corrected chi connectivity index (χ0v) is 20.3. The Balaban J connectivity index is 1.53. The molecule has 0 radical (unpaired) electrons. The quantitative estimate of drug-likeness (QED) is 0.444. The van der Waals surface area contributed by atoms with E-state index >= 15 is 0 Å². The summed E-state index contributed by atoms with van der Waals surface area (Å²) in [6.07, 6.45) is 3.65. The van der Waals surface area contributed by atoms with Crippen LogP contribution in [-0.4, -0.2) is 35.1 Å². The van der Waals surface area contributed by atoms with Crippen molar-refractivity contribution in [1.29, 1.82) is 0 Å². The third kappa shape index (κ3) is 6.38. The maximum atomic E-state index is 11.3. The van der Waals surface area contributed by atoms with Gasteiger partial charge in [0, 0.05) is 16.6 Å². The highest BCUT2D eigenvalue weighted by Crippen LogP contribution is 2.53. The maximum Gasteiger partial charge on any atom is 0.303 e. The SMILES string of the molecule is CC(C)(O)c1ccccc1CC[C@@H](SCC1(CC(=O)O)CC1)c1cccc(C2OCCO2)c1. The molecule has 0 unspecified atom stereocenters. The highest BCUT2D eigenvalue weighted by Gasteiger charge is 2.44. The molecule has 2 aromatic rings. The average molecular weight is 471 g/mol. The average Bonchev–Trinajstić information content (AvgIpc) is 3.30. The molecule has 2 aliphatic rings. The predicted octanol–water partition coefficient (Wildman–Crippen LogP) is 5.62. The first-order valence-corrected chi connectivity index (χ1v) is 12.8. The van der Waals surface area contributed by atoms with Crippen LogP contribution >= 0.6 is 11.8 Å². The van der Waals surface area contributed by atoms with Crippen molar-refractivity contribution in [2.75, 3.05) is 19.0 Å². The largest absolute Gasteiger partial charge is 0.481 e. The number of rotatable bonds is 11. The number of aliphatic carboxylic acids is 1. The van der Waals surface area contributed by atoms with Gasteiger partial charge < -0.3 is 19.7 Å². The summed E-state index contributed by atoms with van der Waals surface area (Å²) in [5.74, 6) is 0.138. The Kier molecular flexibility index (Phi) is 7.49. The summed E-state index contributed by atoms with van der Waals surface area (Å²) in [6, 6.07) is 16.5. The van der Waals surface area contributed by atoms with Gasteiger partial charge in [-0.05, 0) is 67.7 Å².